The van der Waals surface area contributed by atoms with Crippen molar-refractivity contribution in [3.05, 3.63) is 53.3 Å². The molecule has 0 fully saturated rings. The average Bonchev–Trinajstić information content (AvgIpc) is 2.96. The summed E-state index contributed by atoms with van der Waals surface area (Å²) >= 11 is 0. The number of carboxylic acid groups (broad SMARTS) is 1. The fourth-order valence-corrected chi connectivity index (χ4v) is 2.10. The summed E-state index contributed by atoms with van der Waals surface area (Å²) in [6.07, 6.45) is 3.83. The van der Waals surface area contributed by atoms with Crippen LogP contribution in [0, 0.1) is 0 Å². The largest absolute Gasteiger partial charge is 0.480 e. The first kappa shape index (κ1) is 16.7. The van der Waals surface area contributed by atoms with Gasteiger partial charge in [0.15, 0.2) is 0 Å². The minimum atomic E-state index is -1.06. The molecule has 6 nitrogen and oxygen atoms in total. The van der Waals surface area contributed by atoms with Crippen molar-refractivity contribution >= 4 is 11.9 Å². The standard InChI is InChI=1S/C17H21N3O3/c1-11(2)15-8-18-20(10-15)9-13-5-4-6-14(7-13)16(21)19-12(3)17(22)23/h4-8,10-12H,9H2,1-3H3,(H,19,21)(H,22,23). The molecule has 1 amide bonds. The first-order chi connectivity index (χ1) is 10.9. The normalized spacial score (nSPS) is 12.2. The Hall–Kier alpha value is -2.63. The quantitative estimate of drug-likeness (QED) is 0.856. The molecule has 1 heterocycles. The predicted octanol–water partition coefficient (Wildman–Crippen LogP) is 2.26. The maximum atomic E-state index is 12.1. The second-order valence-electron chi connectivity index (χ2n) is 5.86. The van der Waals surface area contributed by atoms with Crippen molar-refractivity contribution in [1.82, 2.24) is 15.1 Å². The molecule has 0 aliphatic heterocycles. The van der Waals surface area contributed by atoms with E-state index in [0.29, 0.717) is 18.0 Å². The first-order valence-electron chi connectivity index (χ1n) is 7.51. The third-order valence-corrected chi connectivity index (χ3v) is 3.57. The van der Waals surface area contributed by atoms with E-state index in [1.807, 2.05) is 23.1 Å². The second kappa shape index (κ2) is 7.09. The smallest absolute Gasteiger partial charge is 0.325 e. The molecular weight excluding hydrogens is 294 g/mol. The number of hydrogen-bond acceptors (Lipinski definition) is 3. The van der Waals surface area contributed by atoms with Crippen LogP contribution in [0.15, 0.2) is 36.7 Å². The van der Waals surface area contributed by atoms with E-state index >= 15 is 0 Å². The van der Waals surface area contributed by atoms with Crippen LogP contribution in [-0.4, -0.2) is 32.8 Å². The van der Waals surface area contributed by atoms with Gasteiger partial charge in [-0.25, -0.2) is 0 Å². The molecule has 0 saturated heterocycles. The van der Waals surface area contributed by atoms with Crippen molar-refractivity contribution in [2.24, 2.45) is 0 Å². The highest BCUT2D eigenvalue weighted by Gasteiger charge is 2.15. The fraction of sp³-hybridized carbons (Fsp3) is 0.353. The van der Waals surface area contributed by atoms with Crippen molar-refractivity contribution in [2.45, 2.75) is 39.3 Å². The highest BCUT2D eigenvalue weighted by Crippen LogP contribution is 2.14. The average molecular weight is 315 g/mol. The molecule has 0 aliphatic carbocycles. The number of aromatic nitrogens is 2. The maximum Gasteiger partial charge on any atom is 0.325 e. The van der Waals surface area contributed by atoms with Crippen LogP contribution < -0.4 is 5.32 Å². The molecule has 1 unspecified atom stereocenters. The number of carboxylic acids is 1. The van der Waals surface area contributed by atoms with Gasteiger partial charge in [-0.3, -0.25) is 14.3 Å². The molecule has 2 aromatic rings. The summed E-state index contributed by atoms with van der Waals surface area (Å²) in [5, 5.41) is 15.6. The second-order valence-corrected chi connectivity index (χ2v) is 5.86. The number of aliphatic carboxylic acids is 1. The minimum Gasteiger partial charge on any atom is -0.480 e. The lowest BCUT2D eigenvalue weighted by Crippen LogP contribution is -2.38. The van der Waals surface area contributed by atoms with E-state index in [4.69, 9.17) is 5.11 Å². The van der Waals surface area contributed by atoms with Crippen molar-refractivity contribution in [1.29, 1.82) is 0 Å². The van der Waals surface area contributed by atoms with Crippen LogP contribution in [0.2, 0.25) is 0 Å². The van der Waals surface area contributed by atoms with Gasteiger partial charge in [0.05, 0.1) is 12.7 Å². The number of rotatable bonds is 6. The summed E-state index contributed by atoms with van der Waals surface area (Å²) in [4.78, 5) is 22.9. The van der Waals surface area contributed by atoms with Gasteiger partial charge in [-0.05, 0) is 36.1 Å². The molecule has 0 radical (unpaired) electrons. The Balaban J connectivity index is 2.09. The van der Waals surface area contributed by atoms with Gasteiger partial charge in [0.25, 0.3) is 5.91 Å². The van der Waals surface area contributed by atoms with E-state index < -0.39 is 17.9 Å². The van der Waals surface area contributed by atoms with Crippen LogP contribution in [0.4, 0.5) is 0 Å². The van der Waals surface area contributed by atoms with Crippen molar-refractivity contribution in [3.63, 3.8) is 0 Å². The highest BCUT2D eigenvalue weighted by molar-refractivity contribution is 5.96. The van der Waals surface area contributed by atoms with Crippen molar-refractivity contribution < 1.29 is 14.7 Å². The van der Waals surface area contributed by atoms with Crippen LogP contribution in [0.1, 0.15) is 48.2 Å². The number of hydrogen-bond donors (Lipinski definition) is 2. The van der Waals surface area contributed by atoms with E-state index in [2.05, 4.69) is 24.3 Å². The molecule has 0 saturated carbocycles. The molecule has 122 valence electrons. The molecular formula is C17H21N3O3. The van der Waals surface area contributed by atoms with Gasteiger partial charge in [-0.15, -0.1) is 0 Å². The molecule has 2 rings (SSSR count). The Morgan fingerprint density at radius 2 is 2.04 bits per heavy atom. The van der Waals surface area contributed by atoms with E-state index in [0.717, 1.165) is 11.1 Å². The van der Waals surface area contributed by atoms with E-state index in [1.165, 1.54) is 6.92 Å². The van der Waals surface area contributed by atoms with E-state index in [1.54, 1.807) is 18.2 Å². The van der Waals surface area contributed by atoms with Crippen molar-refractivity contribution in [3.8, 4) is 0 Å². The van der Waals surface area contributed by atoms with Gasteiger partial charge < -0.3 is 10.4 Å². The molecule has 1 aromatic heterocycles. The summed E-state index contributed by atoms with van der Waals surface area (Å²) in [7, 11) is 0. The lowest BCUT2D eigenvalue weighted by atomic mass is 10.1. The zero-order valence-electron chi connectivity index (χ0n) is 13.5. The van der Waals surface area contributed by atoms with Gasteiger partial charge in [-0.2, -0.15) is 5.10 Å². The zero-order chi connectivity index (χ0) is 17.0. The van der Waals surface area contributed by atoms with Gasteiger partial charge in [-0.1, -0.05) is 26.0 Å². The number of amides is 1. The molecule has 0 aliphatic rings. The monoisotopic (exact) mass is 315 g/mol. The lowest BCUT2D eigenvalue weighted by Gasteiger charge is -2.10. The van der Waals surface area contributed by atoms with Crippen molar-refractivity contribution in [2.75, 3.05) is 0 Å². The summed E-state index contributed by atoms with van der Waals surface area (Å²) < 4.78 is 1.83. The third-order valence-electron chi connectivity index (χ3n) is 3.57. The molecule has 0 bridgehead atoms. The Morgan fingerprint density at radius 3 is 2.65 bits per heavy atom. The number of carbonyl (C=O) groups is 2. The number of nitrogens with one attached hydrogen (secondary N) is 1. The van der Waals surface area contributed by atoms with E-state index in [-0.39, 0.29) is 0 Å². The summed E-state index contributed by atoms with van der Waals surface area (Å²) in [6.45, 7) is 6.20. The first-order valence-corrected chi connectivity index (χ1v) is 7.51. The molecule has 1 aromatic carbocycles. The molecule has 23 heavy (non-hydrogen) atoms. The third kappa shape index (κ3) is 4.42. The maximum absolute atomic E-state index is 12.1. The Morgan fingerprint density at radius 1 is 1.30 bits per heavy atom. The van der Waals surface area contributed by atoms with Crippen LogP contribution in [-0.2, 0) is 11.3 Å². The van der Waals surface area contributed by atoms with Crippen LogP contribution in [0.5, 0.6) is 0 Å². The number of carbonyl (C=O) groups excluding carboxylic acids is 1. The fourth-order valence-electron chi connectivity index (χ4n) is 2.10. The van der Waals surface area contributed by atoms with Gasteiger partial charge in [0, 0.05) is 11.8 Å². The summed E-state index contributed by atoms with van der Waals surface area (Å²) in [6, 6.07) is 6.18. The highest BCUT2D eigenvalue weighted by atomic mass is 16.4. The number of benzene rings is 1. The number of nitrogens with zero attached hydrogens (tertiary/aromatic N) is 2. The Kier molecular flexibility index (Phi) is 5.16. The van der Waals surface area contributed by atoms with E-state index in [9.17, 15) is 9.59 Å². The van der Waals surface area contributed by atoms with Crippen LogP contribution in [0.3, 0.4) is 0 Å². The van der Waals surface area contributed by atoms with Crippen LogP contribution >= 0.6 is 0 Å². The molecule has 1 atom stereocenters. The summed E-state index contributed by atoms with van der Waals surface area (Å²) in [5.41, 5.74) is 2.53. The zero-order valence-corrected chi connectivity index (χ0v) is 13.5. The Bertz CT molecular complexity index is 707. The topological polar surface area (TPSA) is 84.2 Å². The van der Waals surface area contributed by atoms with Crippen LogP contribution in [0.25, 0.3) is 0 Å². The lowest BCUT2D eigenvalue weighted by molar-refractivity contribution is -0.138. The predicted molar refractivity (Wildman–Crippen MR) is 86.4 cm³/mol. The molecule has 2 N–H and O–H groups in total. The summed E-state index contributed by atoms with van der Waals surface area (Å²) in [5.74, 6) is -1.05. The Labute approximate surface area is 135 Å². The SMILES string of the molecule is CC(NC(=O)c1cccc(Cn2cc(C(C)C)cn2)c1)C(=O)O. The van der Waals surface area contributed by atoms with Gasteiger partial charge in [0.2, 0.25) is 0 Å². The van der Waals surface area contributed by atoms with Gasteiger partial charge >= 0.3 is 5.97 Å². The van der Waals surface area contributed by atoms with Gasteiger partial charge in [0.1, 0.15) is 6.04 Å². The molecule has 6 heteroatoms. The molecule has 0 spiro atoms. The minimum absolute atomic E-state index is 0.398.